The second kappa shape index (κ2) is 6.92. The SMILES string of the molecule is Cc1ccc(CCC(=O)Nc2ccc3c(c2F)CCNC3)cc1. The Hall–Kier alpha value is -2.20. The molecule has 1 amide bonds. The summed E-state index contributed by atoms with van der Waals surface area (Å²) < 4.78 is 14.5. The zero-order chi connectivity index (χ0) is 16.2. The molecule has 1 aliphatic rings. The molecule has 0 saturated carbocycles. The van der Waals surface area contributed by atoms with E-state index in [1.807, 2.05) is 37.3 Å². The van der Waals surface area contributed by atoms with Crippen LogP contribution in [-0.2, 0) is 24.2 Å². The van der Waals surface area contributed by atoms with Gasteiger partial charge in [-0.3, -0.25) is 4.79 Å². The van der Waals surface area contributed by atoms with Gasteiger partial charge in [-0.15, -0.1) is 0 Å². The van der Waals surface area contributed by atoms with Crippen LogP contribution in [0.5, 0.6) is 0 Å². The number of halogens is 1. The number of amides is 1. The van der Waals surface area contributed by atoms with Gasteiger partial charge in [-0.2, -0.15) is 0 Å². The number of anilines is 1. The normalized spacial score (nSPS) is 13.5. The van der Waals surface area contributed by atoms with E-state index in [1.165, 1.54) is 5.56 Å². The van der Waals surface area contributed by atoms with E-state index in [9.17, 15) is 9.18 Å². The summed E-state index contributed by atoms with van der Waals surface area (Å²) in [6, 6.07) is 11.7. The first-order valence-electron chi connectivity index (χ1n) is 8.00. The van der Waals surface area contributed by atoms with Crippen LogP contribution in [0.3, 0.4) is 0 Å². The Morgan fingerprint density at radius 3 is 2.78 bits per heavy atom. The molecule has 2 aromatic rings. The molecule has 0 radical (unpaired) electrons. The van der Waals surface area contributed by atoms with Crippen LogP contribution in [0.4, 0.5) is 10.1 Å². The van der Waals surface area contributed by atoms with E-state index in [2.05, 4.69) is 10.6 Å². The number of aryl methyl sites for hydroxylation is 2. The van der Waals surface area contributed by atoms with Crippen LogP contribution in [0.15, 0.2) is 36.4 Å². The Kier molecular flexibility index (Phi) is 4.72. The number of hydrogen-bond donors (Lipinski definition) is 2. The molecule has 0 aliphatic carbocycles. The molecule has 3 nitrogen and oxygen atoms in total. The van der Waals surface area contributed by atoms with Crippen molar-refractivity contribution < 1.29 is 9.18 Å². The molecule has 0 unspecified atom stereocenters. The van der Waals surface area contributed by atoms with Gasteiger partial charge in [-0.05, 0) is 49.1 Å². The number of fused-ring (bicyclic) bond motifs is 1. The monoisotopic (exact) mass is 312 g/mol. The molecule has 1 heterocycles. The van der Waals surface area contributed by atoms with E-state index < -0.39 is 0 Å². The Morgan fingerprint density at radius 1 is 1.22 bits per heavy atom. The highest BCUT2D eigenvalue weighted by atomic mass is 19.1. The molecule has 120 valence electrons. The molecular weight excluding hydrogens is 291 g/mol. The summed E-state index contributed by atoms with van der Waals surface area (Å²) in [6.07, 6.45) is 1.66. The number of carbonyl (C=O) groups is 1. The first kappa shape index (κ1) is 15.7. The maximum absolute atomic E-state index is 14.5. The zero-order valence-electron chi connectivity index (χ0n) is 13.3. The molecule has 0 aromatic heterocycles. The van der Waals surface area contributed by atoms with E-state index in [0.717, 1.165) is 23.2 Å². The lowest BCUT2D eigenvalue weighted by Gasteiger charge is -2.19. The highest BCUT2D eigenvalue weighted by Gasteiger charge is 2.17. The largest absolute Gasteiger partial charge is 0.324 e. The third-order valence-electron chi connectivity index (χ3n) is 4.24. The highest BCUT2D eigenvalue weighted by molar-refractivity contribution is 5.91. The van der Waals surface area contributed by atoms with Crippen LogP contribution < -0.4 is 10.6 Å². The number of rotatable bonds is 4. The minimum atomic E-state index is -0.285. The third-order valence-corrected chi connectivity index (χ3v) is 4.24. The van der Waals surface area contributed by atoms with Gasteiger partial charge in [0.15, 0.2) is 0 Å². The standard InChI is InChI=1S/C19H21FN2O/c1-13-2-4-14(5-3-13)6-9-18(23)22-17-8-7-15-12-21-11-10-16(15)19(17)20/h2-5,7-8,21H,6,9-12H2,1H3,(H,22,23). The van der Waals surface area contributed by atoms with Crippen molar-refractivity contribution in [1.82, 2.24) is 5.32 Å². The van der Waals surface area contributed by atoms with E-state index in [1.54, 1.807) is 6.07 Å². The molecule has 23 heavy (non-hydrogen) atoms. The average Bonchev–Trinajstić information content (AvgIpc) is 2.57. The molecule has 0 atom stereocenters. The highest BCUT2D eigenvalue weighted by Crippen LogP contribution is 2.24. The van der Waals surface area contributed by atoms with Crippen molar-refractivity contribution in [2.75, 3.05) is 11.9 Å². The first-order chi connectivity index (χ1) is 11.1. The lowest BCUT2D eigenvalue weighted by Crippen LogP contribution is -2.25. The summed E-state index contributed by atoms with van der Waals surface area (Å²) in [5.41, 5.74) is 4.30. The molecule has 3 rings (SSSR count). The topological polar surface area (TPSA) is 41.1 Å². The summed E-state index contributed by atoms with van der Waals surface area (Å²) in [5.74, 6) is -0.439. The van der Waals surface area contributed by atoms with Crippen molar-refractivity contribution in [3.05, 3.63) is 64.5 Å². The summed E-state index contributed by atoms with van der Waals surface area (Å²) in [7, 11) is 0. The molecule has 0 saturated heterocycles. The Bertz CT molecular complexity index is 710. The fraction of sp³-hybridized carbons (Fsp3) is 0.316. The molecule has 0 fully saturated rings. The predicted octanol–water partition coefficient (Wildman–Crippen LogP) is 3.35. The van der Waals surface area contributed by atoms with Gasteiger partial charge in [0.05, 0.1) is 5.69 Å². The van der Waals surface area contributed by atoms with Gasteiger partial charge in [0.2, 0.25) is 5.91 Å². The summed E-state index contributed by atoms with van der Waals surface area (Å²) in [4.78, 5) is 12.1. The molecule has 4 heteroatoms. The second-order valence-electron chi connectivity index (χ2n) is 6.03. The van der Waals surface area contributed by atoms with Crippen LogP contribution in [0.1, 0.15) is 28.7 Å². The summed E-state index contributed by atoms with van der Waals surface area (Å²) in [5, 5.41) is 5.92. The van der Waals surface area contributed by atoms with Crippen LogP contribution in [-0.4, -0.2) is 12.5 Å². The number of benzene rings is 2. The maximum Gasteiger partial charge on any atom is 0.224 e. The van der Waals surface area contributed by atoms with Gasteiger partial charge in [0.25, 0.3) is 0 Å². The van der Waals surface area contributed by atoms with Gasteiger partial charge < -0.3 is 10.6 Å². The van der Waals surface area contributed by atoms with Crippen molar-refractivity contribution in [1.29, 1.82) is 0 Å². The molecule has 2 N–H and O–H groups in total. The van der Waals surface area contributed by atoms with Crippen LogP contribution >= 0.6 is 0 Å². The van der Waals surface area contributed by atoms with Crippen LogP contribution in [0, 0.1) is 12.7 Å². The van der Waals surface area contributed by atoms with Crippen LogP contribution in [0.25, 0.3) is 0 Å². The minimum Gasteiger partial charge on any atom is -0.324 e. The Balaban J connectivity index is 1.62. The van der Waals surface area contributed by atoms with Gasteiger partial charge in [0, 0.05) is 13.0 Å². The van der Waals surface area contributed by atoms with Gasteiger partial charge in [-0.1, -0.05) is 35.9 Å². The van der Waals surface area contributed by atoms with E-state index in [0.29, 0.717) is 31.5 Å². The van der Waals surface area contributed by atoms with Crippen LogP contribution in [0.2, 0.25) is 0 Å². The molecule has 2 aromatic carbocycles. The maximum atomic E-state index is 14.5. The van der Waals surface area contributed by atoms with E-state index >= 15 is 0 Å². The number of carbonyl (C=O) groups excluding carboxylic acids is 1. The zero-order valence-corrected chi connectivity index (χ0v) is 13.3. The Labute approximate surface area is 135 Å². The summed E-state index contributed by atoms with van der Waals surface area (Å²) in [6.45, 7) is 3.49. The van der Waals surface area contributed by atoms with E-state index in [4.69, 9.17) is 0 Å². The quantitative estimate of drug-likeness (QED) is 0.909. The lowest BCUT2D eigenvalue weighted by atomic mass is 9.99. The molecular formula is C19H21FN2O. The fourth-order valence-electron chi connectivity index (χ4n) is 2.86. The molecule has 1 aliphatic heterocycles. The fourth-order valence-corrected chi connectivity index (χ4v) is 2.86. The minimum absolute atomic E-state index is 0.154. The van der Waals surface area contributed by atoms with Gasteiger partial charge in [0.1, 0.15) is 5.82 Å². The van der Waals surface area contributed by atoms with Gasteiger partial charge in [-0.25, -0.2) is 4.39 Å². The van der Waals surface area contributed by atoms with Crippen molar-refractivity contribution in [3.8, 4) is 0 Å². The van der Waals surface area contributed by atoms with E-state index in [-0.39, 0.29) is 11.7 Å². The third kappa shape index (κ3) is 3.77. The number of hydrogen-bond acceptors (Lipinski definition) is 2. The lowest BCUT2D eigenvalue weighted by molar-refractivity contribution is -0.116. The second-order valence-corrected chi connectivity index (χ2v) is 6.03. The first-order valence-corrected chi connectivity index (χ1v) is 8.00. The average molecular weight is 312 g/mol. The smallest absolute Gasteiger partial charge is 0.224 e. The summed E-state index contributed by atoms with van der Waals surface area (Å²) >= 11 is 0. The van der Waals surface area contributed by atoms with Crippen molar-refractivity contribution >= 4 is 11.6 Å². The number of nitrogens with one attached hydrogen (secondary N) is 2. The van der Waals surface area contributed by atoms with Crippen molar-refractivity contribution in [2.24, 2.45) is 0 Å². The van der Waals surface area contributed by atoms with Gasteiger partial charge >= 0.3 is 0 Å². The van der Waals surface area contributed by atoms with Crippen molar-refractivity contribution in [3.63, 3.8) is 0 Å². The van der Waals surface area contributed by atoms with Crippen molar-refractivity contribution in [2.45, 2.75) is 32.7 Å². The Morgan fingerprint density at radius 2 is 2.00 bits per heavy atom. The predicted molar refractivity (Wildman–Crippen MR) is 89.9 cm³/mol. The molecule has 0 bridgehead atoms. The molecule has 0 spiro atoms.